The van der Waals surface area contributed by atoms with Crippen molar-refractivity contribution in [3.05, 3.63) is 57.2 Å². The quantitative estimate of drug-likeness (QED) is 0.623. The average molecular weight is 408 g/mol. The van der Waals surface area contributed by atoms with Crippen LogP contribution in [0.4, 0.5) is 5.13 Å². The molecule has 4 nitrogen and oxygen atoms in total. The molecule has 0 atom stereocenters. The van der Waals surface area contributed by atoms with Crippen LogP contribution in [0.2, 0.25) is 5.02 Å². The van der Waals surface area contributed by atoms with Gasteiger partial charge in [-0.2, -0.15) is 0 Å². The Morgan fingerprint density at radius 1 is 1.13 bits per heavy atom. The number of hydrogen-bond acceptors (Lipinski definition) is 5. The van der Waals surface area contributed by atoms with Gasteiger partial charge >= 0.3 is 0 Å². The zero-order chi connectivity index (χ0) is 15.8. The minimum atomic E-state index is 0.754. The van der Waals surface area contributed by atoms with Gasteiger partial charge < -0.3 is 4.90 Å². The number of aromatic nitrogens is 3. The van der Waals surface area contributed by atoms with Gasteiger partial charge in [-0.1, -0.05) is 44.9 Å². The highest BCUT2D eigenvalue weighted by atomic mass is 79.9. The van der Waals surface area contributed by atoms with Crippen LogP contribution < -0.4 is 4.90 Å². The minimum absolute atomic E-state index is 0.754. The molecule has 0 fully saturated rings. The van der Waals surface area contributed by atoms with Crippen LogP contribution in [-0.4, -0.2) is 21.7 Å². The number of hydrogen-bond donors (Lipinski definition) is 0. The van der Waals surface area contributed by atoms with E-state index in [4.69, 9.17) is 11.6 Å². The second-order valence-electron chi connectivity index (χ2n) is 5.26. The SMILES string of the molecule is Clc1ccc(Br)c2c1CN(c1nnc(-c3ccccn3)s1)CC2. The molecule has 0 saturated heterocycles. The van der Waals surface area contributed by atoms with E-state index in [0.29, 0.717) is 0 Å². The molecule has 116 valence electrons. The maximum Gasteiger partial charge on any atom is 0.208 e. The van der Waals surface area contributed by atoms with Crippen LogP contribution in [-0.2, 0) is 13.0 Å². The number of benzene rings is 1. The van der Waals surface area contributed by atoms with Crippen molar-refractivity contribution in [2.24, 2.45) is 0 Å². The first kappa shape index (κ1) is 15.1. The number of nitrogens with zero attached hydrogens (tertiary/aromatic N) is 4. The van der Waals surface area contributed by atoms with E-state index >= 15 is 0 Å². The fourth-order valence-corrected chi connectivity index (χ4v) is 4.35. The highest BCUT2D eigenvalue weighted by Gasteiger charge is 2.23. The van der Waals surface area contributed by atoms with Crippen molar-refractivity contribution in [3.63, 3.8) is 0 Å². The third-order valence-corrected chi connectivity index (χ3v) is 5.97. The van der Waals surface area contributed by atoms with E-state index in [0.717, 1.165) is 44.8 Å². The molecule has 4 rings (SSSR count). The van der Waals surface area contributed by atoms with Gasteiger partial charge in [-0.15, -0.1) is 10.2 Å². The molecular weight excluding hydrogens is 396 g/mol. The van der Waals surface area contributed by atoms with E-state index < -0.39 is 0 Å². The lowest BCUT2D eigenvalue weighted by Gasteiger charge is -2.29. The first-order valence-electron chi connectivity index (χ1n) is 7.18. The van der Waals surface area contributed by atoms with E-state index in [2.05, 4.69) is 36.0 Å². The molecule has 0 radical (unpaired) electrons. The normalized spacial score (nSPS) is 13.9. The molecule has 0 aliphatic carbocycles. The van der Waals surface area contributed by atoms with Crippen molar-refractivity contribution >= 4 is 44.0 Å². The van der Waals surface area contributed by atoms with Crippen molar-refractivity contribution in [1.29, 1.82) is 0 Å². The molecule has 3 aromatic rings. The van der Waals surface area contributed by atoms with Crippen LogP contribution in [0.3, 0.4) is 0 Å². The van der Waals surface area contributed by atoms with E-state index in [9.17, 15) is 0 Å². The van der Waals surface area contributed by atoms with Crippen LogP contribution in [0.5, 0.6) is 0 Å². The molecule has 7 heteroatoms. The minimum Gasteiger partial charge on any atom is -0.342 e. The summed E-state index contributed by atoms with van der Waals surface area (Å²) in [4.78, 5) is 6.56. The summed E-state index contributed by atoms with van der Waals surface area (Å²) in [6.45, 7) is 1.66. The van der Waals surface area contributed by atoms with Crippen LogP contribution >= 0.6 is 38.9 Å². The predicted octanol–water partition coefficient (Wildman–Crippen LogP) is 4.58. The maximum atomic E-state index is 6.38. The van der Waals surface area contributed by atoms with Crippen LogP contribution in [0.15, 0.2) is 41.0 Å². The summed E-state index contributed by atoms with van der Waals surface area (Å²) in [6, 6.07) is 9.75. The first-order chi connectivity index (χ1) is 11.2. The van der Waals surface area contributed by atoms with Gasteiger partial charge in [-0.3, -0.25) is 4.98 Å². The molecule has 0 amide bonds. The number of pyridine rings is 1. The Balaban J connectivity index is 1.63. The van der Waals surface area contributed by atoms with Crippen molar-refractivity contribution < 1.29 is 0 Å². The predicted molar refractivity (Wildman–Crippen MR) is 97.0 cm³/mol. The summed E-state index contributed by atoms with van der Waals surface area (Å²) in [5.74, 6) is 0. The molecule has 23 heavy (non-hydrogen) atoms. The van der Waals surface area contributed by atoms with Gasteiger partial charge in [-0.05, 0) is 41.8 Å². The van der Waals surface area contributed by atoms with Crippen molar-refractivity contribution in [1.82, 2.24) is 15.2 Å². The molecule has 1 aromatic carbocycles. The summed E-state index contributed by atoms with van der Waals surface area (Å²) >= 11 is 11.6. The van der Waals surface area contributed by atoms with Gasteiger partial charge in [0.2, 0.25) is 5.13 Å². The van der Waals surface area contributed by atoms with Gasteiger partial charge in [0.1, 0.15) is 5.69 Å². The molecular formula is C16H12BrClN4S. The largest absolute Gasteiger partial charge is 0.342 e. The van der Waals surface area contributed by atoms with Gasteiger partial charge in [0.15, 0.2) is 5.01 Å². The Kier molecular flexibility index (Phi) is 4.05. The second-order valence-corrected chi connectivity index (χ2v) is 7.48. The number of rotatable bonds is 2. The molecule has 0 spiro atoms. The third kappa shape index (κ3) is 2.86. The Labute approximate surface area is 151 Å². The Hall–Kier alpha value is -1.50. The molecule has 1 aliphatic heterocycles. The number of fused-ring (bicyclic) bond motifs is 1. The Morgan fingerprint density at radius 2 is 2.04 bits per heavy atom. The first-order valence-corrected chi connectivity index (χ1v) is 9.17. The Bertz CT molecular complexity index is 853. The van der Waals surface area contributed by atoms with Crippen LogP contribution in [0.25, 0.3) is 10.7 Å². The van der Waals surface area contributed by atoms with E-state index in [-0.39, 0.29) is 0 Å². The molecule has 3 heterocycles. The van der Waals surface area contributed by atoms with Crippen LogP contribution in [0.1, 0.15) is 11.1 Å². The van der Waals surface area contributed by atoms with Crippen molar-refractivity contribution in [3.8, 4) is 10.7 Å². The molecule has 0 N–H and O–H groups in total. The second kappa shape index (κ2) is 6.19. The average Bonchev–Trinajstić information content (AvgIpc) is 3.09. The summed E-state index contributed by atoms with van der Waals surface area (Å²) in [7, 11) is 0. The lowest BCUT2D eigenvalue weighted by molar-refractivity contribution is 0.721. The molecule has 2 aromatic heterocycles. The van der Waals surface area contributed by atoms with Gasteiger partial charge in [0, 0.05) is 28.8 Å². The molecule has 0 bridgehead atoms. The van der Waals surface area contributed by atoms with E-state index in [1.54, 1.807) is 17.5 Å². The zero-order valence-electron chi connectivity index (χ0n) is 12.0. The van der Waals surface area contributed by atoms with Gasteiger partial charge in [-0.25, -0.2) is 0 Å². The lowest BCUT2D eigenvalue weighted by Crippen LogP contribution is -2.30. The maximum absolute atomic E-state index is 6.38. The molecule has 1 aliphatic rings. The summed E-state index contributed by atoms with van der Waals surface area (Å²) in [5.41, 5.74) is 3.32. The monoisotopic (exact) mass is 406 g/mol. The summed E-state index contributed by atoms with van der Waals surface area (Å²) < 4.78 is 1.13. The van der Waals surface area contributed by atoms with Gasteiger partial charge in [0.25, 0.3) is 0 Å². The van der Waals surface area contributed by atoms with Crippen molar-refractivity contribution in [2.45, 2.75) is 13.0 Å². The topological polar surface area (TPSA) is 41.9 Å². The van der Waals surface area contributed by atoms with Crippen molar-refractivity contribution in [2.75, 3.05) is 11.4 Å². The fourth-order valence-electron chi connectivity index (χ4n) is 2.69. The van der Waals surface area contributed by atoms with E-state index in [1.165, 1.54) is 11.1 Å². The molecule has 0 unspecified atom stereocenters. The highest BCUT2D eigenvalue weighted by Crippen LogP contribution is 2.35. The summed E-state index contributed by atoms with van der Waals surface area (Å²) in [5, 5.41) is 11.2. The Morgan fingerprint density at radius 3 is 2.87 bits per heavy atom. The van der Waals surface area contributed by atoms with Gasteiger partial charge in [0.05, 0.1) is 0 Å². The highest BCUT2D eigenvalue weighted by molar-refractivity contribution is 9.10. The standard InChI is InChI=1S/C16H12BrClN4S/c17-12-4-5-13(18)11-9-22(8-6-10(11)12)16-21-20-15(23-16)14-3-1-2-7-19-14/h1-5,7H,6,8-9H2. The van der Waals surface area contributed by atoms with E-state index in [1.807, 2.05) is 30.3 Å². The smallest absolute Gasteiger partial charge is 0.208 e. The molecule has 0 saturated carbocycles. The zero-order valence-corrected chi connectivity index (χ0v) is 15.2. The lowest BCUT2D eigenvalue weighted by atomic mass is 10.0. The fraction of sp³-hybridized carbons (Fsp3) is 0.188. The number of halogens is 2. The summed E-state index contributed by atoms with van der Waals surface area (Å²) in [6.07, 6.45) is 2.71. The number of anilines is 1. The van der Waals surface area contributed by atoms with Crippen LogP contribution in [0, 0.1) is 0 Å². The third-order valence-electron chi connectivity index (χ3n) is 3.87.